The van der Waals surface area contributed by atoms with Gasteiger partial charge in [-0.3, -0.25) is 4.79 Å². The standard InChI is InChI=1S/C17H18F3NO2/c1-13(14-6-3-2-4-7-14)10-16(22)21(12-17(18,19)20)11-15-8-5-9-23-15/h2-9,13H,10-12H2,1H3. The number of hydrogen-bond donors (Lipinski definition) is 0. The summed E-state index contributed by atoms with van der Waals surface area (Å²) in [7, 11) is 0. The average molecular weight is 325 g/mol. The fourth-order valence-corrected chi connectivity index (χ4v) is 2.33. The van der Waals surface area contributed by atoms with Crippen LogP contribution in [-0.4, -0.2) is 23.5 Å². The van der Waals surface area contributed by atoms with Gasteiger partial charge in [0.1, 0.15) is 12.3 Å². The van der Waals surface area contributed by atoms with Gasteiger partial charge in [0, 0.05) is 6.42 Å². The molecule has 0 radical (unpaired) electrons. The van der Waals surface area contributed by atoms with E-state index in [4.69, 9.17) is 4.42 Å². The second-order valence-corrected chi connectivity index (χ2v) is 5.46. The van der Waals surface area contributed by atoms with E-state index in [1.54, 1.807) is 12.1 Å². The Bertz CT molecular complexity index is 609. The van der Waals surface area contributed by atoms with E-state index in [9.17, 15) is 18.0 Å². The highest BCUT2D eigenvalue weighted by Gasteiger charge is 2.33. The summed E-state index contributed by atoms with van der Waals surface area (Å²) in [5, 5.41) is 0. The molecule has 0 saturated carbocycles. The Kier molecular flexibility index (Phi) is 5.47. The molecule has 3 nitrogen and oxygen atoms in total. The topological polar surface area (TPSA) is 33.5 Å². The van der Waals surface area contributed by atoms with Crippen molar-refractivity contribution >= 4 is 5.91 Å². The number of nitrogens with zero attached hydrogens (tertiary/aromatic N) is 1. The molecular formula is C17H18F3NO2. The zero-order valence-corrected chi connectivity index (χ0v) is 12.7. The van der Waals surface area contributed by atoms with Crippen LogP contribution in [0.25, 0.3) is 0 Å². The molecule has 1 heterocycles. The first-order valence-corrected chi connectivity index (χ1v) is 7.27. The molecule has 0 N–H and O–H groups in total. The first-order valence-electron chi connectivity index (χ1n) is 7.27. The third kappa shape index (κ3) is 5.47. The minimum atomic E-state index is -4.45. The number of rotatable bonds is 6. The summed E-state index contributed by atoms with van der Waals surface area (Å²) >= 11 is 0. The van der Waals surface area contributed by atoms with E-state index >= 15 is 0 Å². The van der Waals surface area contributed by atoms with Crippen LogP contribution in [0.5, 0.6) is 0 Å². The Morgan fingerprint density at radius 1 is 1.17 bits per heavy atom. The lowest BCUT2D eigenvalue weighted by Crippen LogP contribution is -2.38. The molecule has 1 atom stereocenters. The lowest BCUT2D eigenvalue weighted by Gasteiger charge is -2.24. The Balaban J connectivity index is 2.06. The van der Waals surface area contributed by atoms with Gasteiger partial charge in [0.25, 0.3) is 0 Å². The Hall–Kier alpha value is -2.24. The van der Waals surface area contributed by atoms with Crippen molar-refractivity contribution in [1.82, 2.24) is 4.90 Å². The monoisotopic (exact) mass is 325 g/mol. The number of halogens is 3. The number of alkyl halides is 3. The maximum atomic E-state index is 12.7. The predicted molar refractivity (Wildman–Crippen MR) is 79.7 cm³/mol. The lowest BCUT2D eigenvalue weighted by molar-refractivity contribution is -0.163. The third-order valence-corrected chi connectivity index (χ3v) is 3.50. The summed E-state index contributed by atoms with van der Waals surface area (Å²) in [5.41, 5.74) is 0.922. The van der Waals surface area contributed by atoms with Crippen LogP contribution < -0.4 is 0 Å². The Morgan fingerprint density at radius 3 is 2.43 bits per heavy atom. The molecule has 0 aliphatic rings. The Labute approximate surface area is 132 Å². The van der Waals surface area contributed by atoms with E-state index in [0.717, 1.165) is 10.5 Å². The molecule has 0 aliphatic carbocycles. The molecule has 0 aliphatic heterocycles. The highest BCUT2D eigenvalue weighted by molar-refractivity contribution is 5.77. The molecule has 124 valence electrons. The van der Waals surface area contributed by atoms with Gasteiger partial charge in [0.15, 0.2) is 0 Å². The van der Waals surface area contributed by atoms with Crippen molar-refractivity contribution < 1.29 is 22.4 Å². The summed E-state index contributed by atoms with van der Waals surface area (Å²) < 4.78 is 43.2. The van der Waals surface area contributed by atoms with Gasteiger partial charge in [-0.15, -0.1) is 0 Å². The van der Waals surface area contributed by atoms with E-state index in [2.05, 4.69) is 0 Å². The minimum absolute atomic E-state index is 0.0147. The van der Waals surface area contributed by atoms with Gasteiger partial charge >= 0.3 is 6.18 Å². The van der Waals surface area contributed by atoms with Gasteiger partial charge in [-0.1, -0.05) is 37.3 Å². The largest absolute Gasteiger partial charge is 0.467 e. The van der Waals surface area contributed by atoms with Crippen LogP contribution in [0, 0.1) is 0 Å². The second-order valence-electron chi connectivity index (χ2n) is 5.46. The summed E-state index contributed by atoms with van der Waals surface area (Å²) in [4.78, 5) is 13.1. The summed E-state index contributed by atoms with van der Waals surface area (Å²) in [6.07, 6.45) is -3.06. The molecule has 0 spiro atoms. The molecular weight excluding hydrogens is 307 g/mol. The van der Waals surface area contributed by atoms with E-state index < -0.39 is 18.6 Å². The van der Waals surface area contributed by atoms with Gasteiger partial charge < -0.3 is 9.32 Å². The van der Waals surface area contributed by atoms with E-state index in [1.165, 1.54) is 6.26 Å². The van der Waals surface area contributed by atoms with Crippen LogP contribution >= 0.6 is 0 Å². The van der Waals surface area contributed by atoms with Crippen molar-refractivity contribution in [1.29, 1.82) is 0 Å². The second kappa shape index (κ2) is 7.35. The highest BCUT2D eigenvalue weighted by atomic mass is 19.4. The van der Waals surface area contributed by atoms with Gasteiger partial charge in [0.05, 0.1) is 12.8 Å². The first-order chi connectivity index (χ1) is 10.8. The van der Waals surface area contributed by atoms with Gasteiger partial charge in [-0.25, -0.2) is 0 Å². The predicted octanol–water partition coefficient (Wildman–Crippen LogP) is 4.36. The fourth-order valence-electron chi connectivity index (χ4n) is 2.33. The van der Waals surface area contributed by atoms with Crippen molar-refractivity contribution in [2.75, 3.05) is 6.54 Å². The molecule has 1 aromatic carbocycles. The molecule has 23 heavy (non-hydrogen) atoms. The highest BCUT2D eigenvalue weighted by Crippen LogP contribution is 2.23. The molecule has 2 rings (SSSR count). The number of benzene rings is 1. The van der Waals surface area contributed by atoms with E-state index in [-0.39, 0.29) is 18.9 Å². The molecule has 0 saturated heterocycles. The molecule has 6 heteroatoms. The molecule has 1 unspecified atom stereocenters. The minimum Gasteiger partial charge on any atom is -0.467 e. The zero-order valence-electron chi connectivity index (χ0n) is 12.7. The van der Waals surface area contributed by atoms with Crippen LogP contribution in [0.4, 0.5) is 13.2 Å². The van der Waals surface area contributed by atoms with Crippen molar-refractivity contribution in [3.8, 4) is 0 Å². The molecule has 1 amide bonds. The van der Waals surface area contributed by atoms with E-state index in [1.807, 2.05) is 37.3 Å². The van der Waals surface area contributed by atoms with Crippen molar-refractivity contribution in [3.63, 3.8) is 0 Å². The van der Waals surface area contributed by atoms with Gasteiger partial charge in [-0.2, -0.15) is 13.2 Å². The first kappa shape index (κ1) is 17.1. The third-order valence-electron chi connectivity index (χ3n) is 3.50. The summed E-state index contributed by atoms with van der Waals surface area (Å²) in [6, 6.07) is 12.4. The quantitative estimate of drug-likeness (QED) is 0.790. The molecule has 0 bridgehead atoms. The van der Waals surface area contributed by atoms with Crippen LogP contribution in [0.2, 0.25) is 0 Å². The number of furan rings is 1. The van der Waals surface area contributed by atoms with Gasteiger partial charge in [-0.05, 0) is 23.6 Å². The lowest BCUT2D eigenvalue weighted by atomic mass is 9.97. The van der Waals surface area contributed by atoms with Gasteiger partial charge in [0.2, 0.25) is 5.91 Å². The van der Waals surface area contributed by atoms with Crippen molar-refractivity contribution in [2.24, 2.45) is 0 Å². The number of carbonyl (C=O) groups excluding carboxylic acids is 1. The van der Waals surface area contributed by atoms with Crippen molar-refractivity contribution in [2.45, 2.75) is 32.0 Å². The maximum Gasteiger partial charge on any atom is 0.406 e. The van der Waals surface area contributed by atoms with E-state index in [0.29, 0.717) is 5.76 Å². The van der Waals surface area contributed by atoms with Crippen LogP contribution in [0.15, 0.2) is 53.1 Å². The average Bonchev–Trinajstić information content (AvgIpc) is 2.99. The number of carbonyl (C=O) groups is 1. The van der Waals surface area contributed by atoms with Crippen LogP contribution in [-0.2, 0) is 11.3 Å². The molecule has 0 fully saturated rings. The fraction of sp³-hybridized carbons (Fsp3) is 0.353. The zero-order chi connectivity index (χ0) is 16.9. The normalized spacial score (nSPS) is 12.9. The summed E-state index contributed by atoms with van der Waals surface area (Å²) in [6.45, 7) is 0.354. The number of hydrogen-bond acceptors (Lipinski definition) is 2. The SMILES string of the molecule is CC(CC(=O)N(Cc1ccco1)CC(F)(F)F)c1ccccc1. The summed E-state index contributed by atoms with van der Waals surface area (Å²) in [5.74, 6) is -0.374. The maximum absolute atomic E-state index is 12.7. The number of amides is 1. The Morgan fingerprint density at radius 2 is 1.87 bits per heavy atom. The molecule has 2 aromatic rings. The van der Waals surface area contributed by atoms with Crippen molar-refractivity contribution in [3.05, 3.63) is 60.1 Å². The smallest absolute Gasteiger partial charge is 0.406 e. The van der Waals surface area contributed by atoms with Crippen LogP contribution in [0.3, 0.4) is 0 Å². The van der Waals surface area contributed by atoms with Crippen LogP contribution in [0.1, 0.15) is 30.6 Å². The molecule has 1 aromatic heterocycles.